The van der Waals surface area contributed by atoms with Crippen molar-refractivity contribution in [3.8, 4) is 5.75 Å². The molecule has 0 saturated carbocycles. The van der Waals surface area contributed by atoms with E-state index in [0.29, 0.717) is 6.54 Å². The average molecular weight is 296 g/mol. The molecule has 0 spiro atoms. The molecule has 0 aliphatic carbocycles. The van der Waals surface area contributed by atoms with Gasteiger partial charge in [-0.05, 0) is 31.2 Å². The Kier molecular flexibility index (Phi) is 6.30. The number of benzene rings is 1. The fourth-order valence-electron chi connectivity index (χ4n) is 1.88. The molecule has 1 rings (SSSR count). The lowest BCUT2D eigenvalue weighted by Crippen LogP contribution is -2.39. The highest BCUT2D eigenvalue weighted by Crippen LogP contribution is 2.18. The maximum atomic E-state index is 13.2. The van der Waals surface area contributed by atoms with Gasteiger partial charge in [0.05, 0.1) is 18.7 Å². The molecule has 0 aromatic heterocycles. The van der Waals surface area contributed by atoms with Gasteiger partial charge in [-0.25, -0.2) is 4.39 Å². The summed E-state index contributed by atoms with van der Waals surface area (Å²) in [6.45, 7) is 2.59. The predicted molar refractivity (Wildman–Crippen MR) is 77.8 cm³/mol. The third-order valence-electron chi connectivity index (χ3n) is 3.02. The van der Waals surface area contributed by atoms with E-state index in [1.165, 1.54) is 4.90 Å². The Hall–Kier alpha value is -1.95. The molecule has 0 bridgehead atoms. The molecule has 21 heavy (non-hydrogen) atoms. The molecule has 6 heteroatoms. The van der Waals surface area contributed by atoms with Crippen LogP contribution in [-0.2, 0) is 4.79 Å². The monoisotopic (exact) mass is 296 g/mol. The molecule has 116 valence electrons. The molecule has 0 fully saturated rings. The van der Waals surface area contributed by atoms with Crippen molar-refractivity contribution in [3.63, 3.8) is 0 Å². The number of phenols is 1. The second-order valence-electron chi connectivity index (χ2n) is 5.08. The van der Waals surface area contributed by atoms with Gasteiger partial charge in [-0.3, -0.25) is 14.5 Å². The molecular weight excluding hydrogens is 275 g/mol. The van der Waals surface area contributed by atoms with Crippen LogP contribution in [0.4, 0.5) is 4.39 Å². The van der Waals surface area contributed by atoms with Gasteiger partial charge < -0.3 is 10.0 Å². The highest BCUT2D eigenvalue weighted by Gasteiger charge is 2.18. The van der Waals surface area contributed by atoms with Crippen molar-refractivity contribution in [1.82, 2.24) is 9.80 Å². The molecule has 1 aromatic rings. The van der Waals surface area contributed by atoms with Crippen LogP contribution in [0, 0.1) is 5.82 Å². The summed E-state index contributed by atoms with van der Waals surface area (Å²) in [4.78, 5) is 27.0. The van der Waals surface area contributed by atoms with Gasteiger partial charge in [0.1, 0.15) is 11.6 Å². The number of nitrogens with zero attached hydrogens (tertiary/aromatic N) is 2. The minimum absolute atomic E-state index is 0.0373. The van der Waals surface area contributed by atoms with Crippen molar-refractivity contribution in [1.29, 1.82) is 0 Å². The fourth-order valence-corrected chi connectivity index (χ4v) is 1.88. The Balaban J connectivity index is 2.80. The van der Waals surface area contributed by atoms with Crippen LogP contribution >= 0.6 is 0 Å². The van der Waals surface area contributed by atoms with E-state index >= 15 is 0 Å². The first-order valence-electron chi connectivity index (χ1n) is 6.79. The number of phenolic OH excluding ortho intramolecular Hbond substituents is 1. The molecular formula is C15H21FN2O3. The number of aromatic hydroxyl groups is 1. The highest BCUT2D eigenvalue weighted by molar-refractivity contribution is 6.00. The lowest BCUT2D eigenvalue weighted by Gasteiger charge is -2.22. The zero-order chi connectivity index (χ0) is 16.0. The average Bonchev–Trinajstić information content (AvgIpc) is 2.41. The number of carbonyl (C=O) groups is 2. The van der Waals surface area contributed by atoms with Crippen LogP contribution in [0.25, 0.3) is 0 Å². The lowest BCUT2D eigenvalue weighted by atomic mass is 10.1. The summed E-state index contributed by atoms with van der Waals surface area (Å²) in [5, 5.41) is 9.64. The number of likely N-dealkylation sites (N-methyl/N-ethyl adjacent to an activating group) is 1. The van der Waals surface area contributed by atoms with Gasteiger partial charge in [-0.15, -0.1) is 0 Å². The van der Waals surface area contributed by atoms with Crippen LogP contribution in [0.5, 0.6) is 5.75 Å². The van der Waals surface area contributed by atoms with E-state index < -0.39 is 11.6 Å². The quantitative estimate of drug-likeness (QED) is 0.775. The van der Waals surface area contributed by atoms with E-state index in [1.54, 1.807) is 19.0 Å². The maximum absolute atomic E-state index is 13.2. The normalized spacial score (nSPS) is 10.7. The number of carbonyl (C=O) groups excluding carboxylic acids is 2. The van der Waals surface area contributed by atoms with Gasteiger partial charge >= 0.3 is 0 Å². The third kappa shape index (κ3) is 5.15. The Morgan fingerprint density at radius 3 is 2.48 bits per heavy atom. The molecule has 0 aliphatic heterocycles. The van der Waals surface area contributed by atoms with E-state index in [-0.39, 0.29) is 30.3 Å². The summed E-state index contributed by atoms with van der Waals surface area (Å²) in [5.41, 5.74) is -0.0617. The van der Waals surface area contributed by atoms with Crippen LogP contribution in [-0.4, -0.2) is 60.3 Å². The number of halogens is 1. The highest BCUT2D eigenvalue weighted by atomic mass is 19.1. The summed E-state index contributed by atoms with van der Waals surface area (Å²) in [6.07, 6.45) is 0.781. The van der Waals surface area contributed by atoms with Crippen molar-refractivity contribution in [2.45, 2.75) is 13.3 Å². The fraction of sp³-hybridized carbons (Fsp3) is 0.467. The number of ketones is 1. The van der Waals surface area contributed by atoms with Crippen LogP contribution in [0.1, 0.15) is 23.7 Å². The summed E-state index contributed by atoms with van der Waals surface area (Å²) in [5.74, 6) is -1.36. The summed E-state index contributed by atoms with van der Waals surface area (Å²) in [7, 11) is 3.29. The van der Waals surface area contributed by atoms with Gasteiger partial charge in [-0.2, -0.15) is 0 Å². The lowest BCUT2D eigenvalue weighted by molar-refractivity contribution is -0.129. The summed E-state index contributed by atoms with van der Waals surface area (Å²) < 4.78 is 13.2. The van der Waals surface area contributed by atoms with E-state index in [9.17, 15) is 19.1 Å². The van der Waals surface area contributed by atoms with E-state index in [1.807, 2.05) is 6.92 Å². The molecule has 1 amide bonds. The van der Waals surface area contributed by atoms with E-state index in [0.717, 1.165) is 24.6 Å². The van der Waals surface area contributed by atoms with Gasteiger partial charge in [0, 0.05) is 14.1 Å². The molecule has 1 aromatic carbocycles. The second kappa shape index (κ2) is 7.73. The number of hydrogen-bond donors (Lipinski definition) is 1. The van der Waals surface area contributed by atoms with Crippen LogP contribution in [0.2, 0.25) is 0 Å². The number of Topliss-reactive ketones (excluding diaryl/α,β-unsaturated/α-hetero) is 1. The summed E-state index contributed by atoms with van der Waals surface area (Å²) in [6, 6.07) is 3.25. The first-order valence-corrected chi connectivity index (χ1v) is 6.79. The minimum Gasteiger partial charge on any atom is -0.507 e. The van der Waals surface area contributed by atoms with Crippen molar-refractivity contribution < 1.29 is 19.1 Å². The maximum Gasteiger partial charge on any atom is 0.236 e. The first kappa shape index (κ1) is 17.1. The first-order chi connectivity index (χ1) is 9.85. The largest absolute Gasteiger partial charge is 0.507 e. The Labute approximate surface area is 124 Å². The molecule has 0 heterocycles. The summed E-state index contributed by atoms with van der Waals surface area (Å²) >= 11 is 0. The molecule has 0 unspecified atom stereocenters. The van der Waals surface area contributed by atoms with Crippen molar-refractivity contribution in [2.75, 3.05) is 33.7 Å². The predicted octanol–water partition coefficient (Wildman–Crippen LogP) is 1.51. The SMILES string of the molecule is CCCN(CC(=O)c1cc(F)ccc1O)CC(=O)N(C)C. The molecule has 1 N–H and O–H groups in total. The van der Waals surface area contributed by atoms with Crippen LogP contribution in [0.15, 0.2) is 18.2 Å². The number of amides is 1. The zero-order valence-corrected chi connectivity index (χ0v) is 12.6. The Bertz CT molecular complexity index is 518. The second-order valence-corrected chi connectivity index (χ2v) is 5.08. The standard InChI is InChI=1S/C15H21FN2O3/c1-4-7-18(10-15(21)17(2)3)9-14(20)12-8-11(16)5-6-13(12)19/h5-6,8,19H,4,7,9-10H2,1-3H3. The Morgan fingerprint density at radius 2 is 1.90 bits per heavy atom. The smallest absolute Gasteiger partial charge is 0.236 e. The number of hydrogen-bond acceptors (Lipinski definition) is 4. The molecule has 0 saturated heterocycles. The molecule has 5 nitrogen and oxygen atoms in total. The van der Waals surface area contributed by atoms with Gasteiger partial charge in [0.2, 0.25) is 5.91 Å². The molecule has 0 aliphatic rings. The topological polar surface area (TPSA) is 60.9 Å². The molecule has 0 atom stereocenters. The number of rotatable bonds is 7. The molecule has 0 radical (unpaired) electrons. The zero-order valence-electron chi connectivity index (χ0n) is 12.6. The van der Waals surface area contributed by atoms with Crippen LogP contribution in [0.3, 0.4) is 0 Å². The van der Waals surface area contributed by atoms with E-state index in [4.69, 9.17) is 0 Å². The van der Waals surface area contributed by atoms with Crippen LogP contribution < -0.4 is 0 Å². The minimum atomic E-state index is -0.581. The van der Waals surface area contributed by atoms with Gasteiger partial charge in [-0.1, -0.05) is 6.92 Å². The van der Waals surface area contributed by atoms with Crippen molar-refractivity contribution in [3.05, 3.63) is 29.6 Å². The van der Waals surface area contributed by atoms with Crippen molar-refractivity contribution >= 4 is 11.7 Å². The Morgan fingerprint density at radius 1 is 1.24 bits per heavy atom. The van der Waals surface area contributed by atoms with Gasteiger partial charge in [0.15, 0.2) is 5.78 Å². The van der Waals surface area contributed by atoms with E-state index in [2.05, 4.69) is 0 Å². The van der Waals surface area contributed by atoms with Gasteiger partial charge in [0.25, 0.3) is 0 Å². The van der Waals surface area contributed by atoms with Crippen molar-refractivity contribution in [2.24, 2.45) is 0 Å². The third-order valence-corrected chi connectivity index (χ3v) is 3.02.